The zero-order valence-corrected chi connectivity index (χ0v) is 12.9. The first-order chi connectivity index (χ1) is 9.08. The van der Waals surface area contributed by atoms with Crippen molar-refractivity contribution in [2.45, 2.75) is 42.5 Å². The predicted octanol–water partition coefficient (Wildman–Crippen LogP) is 1.57. The van der Waals surface area contributed by atoms with Crippen molar-refractivity contribution in [3.63, 3.8) is 0 Å². The predicted molar refractivity (Wildman–Crippen MR) is 78.3 cm³/mol. The van der Waals surface area contributed by atoms with Crippen molar-refractivity contribution in [1.82, 2.24) is 15.5 Å². The second-order valence-electron chi connectivity index (χ2n) is 4.90. The topological polar surface area (TPSA) is 80.9 Å². The monoisotopic (exact) mass is 300 g/mol. The lowest BCUT2D eigenvalue weighted by atomic mass is 9.84. The molecule has 7 heteroatoms. The quantitative estimate of drug-likeness (QED) is 0.780. The number of carbonyl (C=O) groups excluding carboxylic acids is 1. The van der Waals surface area contributed by atoms with E-state index in [-0.39, 0.29) is 5.91 Å². The van der Waals surface area contributed by atoms with E-state index in [1.54, 1.807) is 23.1 Å². The molecule has 0 aliphatic heterocycles. The SMILES string of the molecule is CNC1(C(N)=O)CCCC1CCSc1nnc(C)s1. The molecule has 3 N–H and O–H groups in total. The first-order valence-corrected chi connectivity index (χ1v) is 8.30. The number of hydrogen-bond acceptors (Lipinski definition) is 6. The van der Waals surface area contributed by atoms with Gasteiger partial charge in [-0.3, -0.25) is 4.79 Å². The minimum Gasteiger partial charge on any atom is -0.368 e. The molecule has 1 saturated carbocycles. The van der Waals surface area contributed by atoms with Crippen molar-refractivity contribution in [3.8, 4) is 0 Å². The molecule has 106 valence electrons. The van der Waals surface area contributed by atoms with Gasteiger partial charge in [-0.1, -0.05) is 29.5 Å². The van der Waals surface area contributed by atoms with E-state index in [4.69, 9.17) is 5.73 Å². The highest BCUT2D eigenvalue weighted by Gasteiger charge is 2.45. The van der Waals surface area contributed by atoms with Crippen molar-refractivity contribution in [3.05, 3.63) is 5.01 Å². The number of aromatic nitrogens is 2. The van der Waals surface area contributed by atoms with Gasteiger partial charge in [0.2, 0.25) is 5.91 Å². The van der Waals surface area contributed by atoms with E-state index < -0.39 is 5.54 Å². The second kappa shape index (κ2) is 6.19. The van der Waals surface area contributed by atoms with Gasteiger partial charge in [0.05, 0.1) is 0 Å². The van der Waals surface area contributed by atoms with E-state index in [1.807, 2.05) is 14.0 Å². The summed E-state index contributed by atoms with van der Waals surface area (Å²) in [7, 11) is 1.84. The highest BCUT2D eigenvalue weighted by atomic mass is 32.2. The maximum Gasteiger partial charge on any atom is 0.238 e. The second-order valence-corrected chi connectivity index (χ2v) is 7.42. The number of primary amides is 1. The number of thioether (sulfide) groups is 1. The number of amides is 1. The first kappa shape index (κ1) is 14.7. The third-order valence-electron chi connectivity index (χ3n) is 3.91. The van der Waals surface area contributed by atoms with Crippen LogP contribution in [0, 0.1) is 12.8 Å². The average molecular weight is 300 g/mol. The third kappa shape index (κ3) is 3.09. The minimum atomic E-state index is -0.502. The van der Waals surface area contributed by atoms with Gasteiger partial charge in [0.15, 0.2) is 4.34 Å². The van der Waals surface area contributed by atoms with Crippen LogP contribution in [0.15, 0.2) is 4.34 Å². The van der Waals surface area contributed by atoms with Crippen molar-refractivity contribution in [1.29, 1.82) is 0 Å². The molecule has 1 aliphatic carbocycles. The Morgan fingerprint density at radius 1 is 1.63 bits per heavy atom. The van der Waals surface area contributed by atoms with E-state index in [2.05, 4.69) is 15.5 Å². The molecular weight excluding hydrogens is 280 g/mol. The van der Waals surface area contributed by atoms with Crippen LogP contribution in [0.5, 0.6) is 0 Å². The van der Waals surface area contributed by atoms with Crippen LogP contribution in [0.25, 0.3) is 0 Å². The van der Waals surface area contributed by atoms with Crippen molar-refractivity contribution < 1.29 is 4.79 Å². The number of nitrogens with one attached hydrogen (secondary N) is 1. The summed E-state index contributed by atoms with van der Waals surface area (Å²) in [5.41, 5.74) is 5.09. The first-order valence-electron chi connectivity index (χ1n) is 6.50. The van der Waals surface area contributed by atoms with Gasteiger partial charge in [0.25, 0.3) is 0 Å². The van der Waals surface area contributed by atoms with Crippen LogP contribution in [0.1, 0.15) is 30.7 Å². The standard InChI is InChI=1S/C12H20N4OS2/c1-8-15-16-11(19-8)18-7-5-9-4-3-6-12(9,14-2)10(13)17/h9,14H,3-7H2,1-2H3,(H2,13,17). The summed E-state index contributed by atoms with van der Waals surface area (Å²) in [6, 6.07) is 0. The molecule has 1 fully saturated rings. The van der Waals surface area contributed by atoms with E-state index >= 15 is 0 Å². The fourth-order valence-electron chi connectivity index (χ4n) is 2.87. The van der Waals surface area contributed by atoms with Crippen molar-refractivity contribution in [2.24, 2.45) is 11.7 Å². The average Bonchev–Trinajstić information content (AvgIpc) is 2.96. The summed E-state index contributed by atoms with van der Waals surface area (Å²) < 4.78 is 1.00. The molecule has 1 heterocycles. The lowest BCUT2D eigenvalue weighted by Crippen LogP contribution is -2.56. The Balaban J connectivity index is 1.89. The highest BCUT2D eigenvalue weighted by molar-refractivity contribution is 8.01. The zero-order valence-electron chi connectivity index (χ0n) is 11.3. The molecule has 2 atom stereocenters. The third-order valence-corrected chi connectivity index (χ3v) is 5.91. The van der Waals surface area contributed by atoms with Gasteiger partial charge in [-0.25, -0.2) is 0 Å². The number of carbonyl (C=O) groups is 1. The summed E-state index contributed by atoms with van der Waals surface area (Å²) >= 11 is 3.33. The molecule has 2 rings (SSSR count). The molecule has 19 heavy (non-hydrogen) atoms. The van der Waals surface area contributed by atoms with Crippen LogP contribution in [0.2, 0.25) is 0 Å². The normalized spacial score (nSPS) is 26.7. The Hall–Kier alpha value is -0.660. The van der Waals surface area contributed by atoms with Gasteiger partial charge in [0.1, 0.15) is 10.5 Å². The van der Waals surface area contributed by atoms with Gasteiger partial charge in [-0.2, -0.15) is 0 Å². The van der Waals surface area contributed by atoms with Gasteiger partial charge >= 0.3 is 0 Å². The minimum absolute atomic E-state index is 0.214. The Bertz CT molecular complexity index is 451. The van der Waals surface area contributed by atoms with Gasteiger partial charge in [-0.15, -0.1) is 10.2 Å². The fraction of sp³-hybridized carbons (Fsp3) is 0.750. The fourth-order valence-corrected chi connectivity index (χ4v) is 4.81. The molecule has 2 unspecified atom stereocenters. The van der Waals surface area contributed by atoms with Gasteiger partial charge < -0.3 is 11.1 Å². The number of nitrogens with zero attached hydrogens (tertiary/aromatic N) is 2. The molecule has 0 radical (unpaired) electrons. The van der Waals surface area contributed by atoms with Crippen LogP contribution in [-0.2, 0) is 4.79 Å². The molecule has 0 bridgehead atoms. The molecule has 0 saturated heterocycles. The molecule has 5 nitrogen and oxygen atoms in total. The molecule has 0 spiro atoms. The molecule has 1 aliphatic rings. The number of hydrogen-bond donors (Lipinski definition) is 2. The van der Waals surface area contributed by atoms with E-state index in [9.17, 15) is 4.79 Å². The maximum absolute atomic E-state index is 11.7. The van der Waals surface area contributed by atoms with Crippen molar-refractivity contribution >= 4 is 29.0 Å². The van der Waals surface area contributed by atoms with Crippen LogP contribution in [-0.4, -0.2) is 34.4 Å². The maximum atomic E-state index is 11.7. The smallest absolute Gasteiger partial charge is 0.238 e. The van der Waals surface area contributed by atoms with Crippen molar-refractivity contribution in [2.75, 3.05) is 12.8 Å². The number of aryl methyl sites for hydroxylation is 1. The lowest BCUT2D eigenvalue weighted by Gasteiger charge is -2.32. The van der Waals surface area contributed by atoms with E-state index in [1.165, 1.54) is 0 Å². The Labute approximate surface area is 121 Å². The molecule has 0 aromatic carbocycles. The summed E-state index contributed by atoms with van der Waals surface area (Å²) in [6.07, 6.45) is 3.97. The summed E-state index contributed by atoms with van der Waals surface area (Å²) in [4.78, 5) is 11.7. The van der Waals surface area contributed by atoms with Gasteiger partial charge in [0, 0.05) is 5.75 Å². The van der Waals surface area contributed by atoms with Crippen LogP contribution in [0.4, 0.5) is 0 Å². The zero-order chi connectivity index (χ0) is 13.9. The summed E-state index contributed by atoms with van der Waals surface area (Å²) in [5.74, 6) is 1.07. The van der Waals surface area contributed by atoms with E-state index in [0.717, 1.165) is 40.8 Å². The summed E-state index contributed by atoms with van der Waals surface area (Å²) in [5, 5.41) is 12.3. The highest BCUT2D eigenvalue weighted by Crippen LogP contribution is 2.39. The Kier molecular flexibility index (Phi) is 4.81. The largest absolute Gasteiger partial charge is 0.368 e. The lowest BCUT2D eigenvalue weighted by molar-refractivity contribution is -0.125. The molecular formula is C12H20N4OS2. The molecule has 1 aromatic rings. The number of nitrogens with two attached hydrogens (primary N) is 1. The molecule has 1 aromatic heterocycles. The number of rotatable bonds is 6. The van der Waals surface area contributed by atoms with Crippen LogP contribution >= 0.6 is 23.1 Å². The van der Waals surface area contributed by atoms with E-state index in [0.29, 0.717) is 5.92 Å². The Morgan fingerprint density at radius 3 is 3.00 bits per heavy atom. The van der Waals surface area contributed by atoms with Gasteiger partial charge in [-0.05, 0) is 39.2 Å². The van der Waals surface area contributed by atoms with Crippen LogP contribution in [0.3, 0.4) is 0 Å². The summed E-state index contributed by atoms with van der Waals surface area (Å²) in [6.45, 7) is 1.96. The Morgan fingerprint density at radius 2 is 2.42 bits per heavy atom. The van der Waals surface area contributed by atoms with Crippen LogP contribution < -0.4 is 11.1 Å². The number of likely N-dealkylation sites (N-methyl/N-ethyl adjacent to an activating group) is 1. The molecule has 1 amide bonds.